The summed E-state index contributed by atoms with van der Waals surface area (Å²) in [5.74, 6) is 0.726. The fourth-order valence-corrected chi connectivity index (χ4v) is 3.25. The average Bonchev–Trinajstić information content (AvgIpc) is 3.08. The first-order valence-electron chi connectivity index (χ1n) is 8.37. The molecule has 2 N–H and O–H groups in total. The van der Waals surface area contributed by atoms with Crippen LogP contribution in [0.5, 0.6) is 0 Å². The summed E-state index contributed by atoms with van der Waals surface area (Å²) >= 11 is 0. The molecule has 2 atom stereocenters. The van der Waals surface area contributed by atoms with Gasteiger partial charge in [-0.15, -0.1) is 0 Å². The molecule has 2 unspecified atom stereocenters. The van der Waals surface area contributed by atoms with Gasteiger partial charge in [-0.25, -0.2) is 4.79 Å². The van der Waals surface area contributed by atoms with Crippen LogP contribution >= 0.6 is 0 Å². The standard InChI is InChI=1S/C17H32N2O2/c1-16(2,3)21-15(20)18-11-14(12-6-7-12)19-13-8-9-17(4,5)10-13/h12-14,19H,6-11H2,1-5H3,(H,18,20). The topological polar surface area (TPSA) is 50.4 Å². The second-order valence-corrected chi connectivity index (χ2v) is 8.60. The van der Waals surface area contributed by atoms with Crippen molar-refractivity contribution >= 4 is 6.09 Å². The Morgan fingerprint density at radius 1 is 1.29 bits per heavy atom. The molecule has 0 radical (unpaired) electrons. The highest BCUT2D eigenvalue weighted by Crippen LogP contribution is 2.39. The van der Waals surface area contributed by atoms with E-state index in [1.165, 1.54) is 32.1 Å². The van der Waals surface area contributed by atoms with E-state index < -0.39 is 5.60 Å². The molecule has 0 spiro atoms. The van der Waals surface area contributed by atoms with E-state index in [2.05, 4.69) is 24.5 Å². The molecule has 0 aromatic rings. The normalized spacial score (nSPS) is 26.4. The molecule has 0 aromatic carbocycles. The molecular formula is C17H32N2O2. The van der Waals surface area contributed by atoms with Gasteiger partial charge in [0.15, 0.2) is 0 Å². The van der Waals surface area contributed by atoms with E-state index in [-0.39, 0.29) is 6.09 Å². The zero-order valence-electron chi connectivity index (χ0n) is 14.3. The monoisotopic (exact) mass is 296 g/mol. The fourth-order valence-electron chi connectivity index (χ4n) is 3.25. The molecular weight excluding hydrogens is 264 g/mol. The first-order valence-corrected chi connectivity index (χ1v) is 8.37. The second kappa shape index (κ2) is 6.15. The summed E-state index contributed by atoms with van der Waals surface area (Å²) in [6.07, 6.45) is 6.04. The molecule has 2 saturated carbocycles. The van der Waals surface area contributed by atoms with Gasteiger partial charge in [0, 0.05) is 18.6 Å². The van der Waals surface area contributed by atoms with Crippen LogP contribution in [0.25, 0.3) is 0 Å². The predicted molar refractivity (Wildman–Crippen MR) is 85.3 cm³/mol. The number of nitrogens with one attached hydrogen (secondary N) is 2. The highest BCUT2D eigenvalue weighted by atomic mass is 16.6. The Kier molecular flexibility index (Phi) is 4.86. The van der Waals surface area contributed by atoms with E-state index in [0.29, 0.717) is 24.0 Å². The molecule has 2 fully saturated rings. The second-order valence-electron chi connectivity index (χ2n) is 8.60. The van der Waals surface area contributed by atoms with Gasteiger partial charge in [0.25, 0.3) is 0 Å². The number of amides is 1. The molecule has 0 heterocycles. The number of rotatable bonds is 5. The van der Waals surface area contributed by atoms with Crippen LogP contribution in [0.15, 0.2) is 0 Å². The Morgan fingerprint density at radius 3 is 2.43 bits per heavy atom. The van der Waals surface area contributed by atoms with Crippen molar-refractivity contribution in [2.45, 2.75) is 84.4 Å². The molecule has 1 amide bonds. The van der Waals surface area contributed by atoms with Gasteiger partial charge >= 0.3 is 6.09 Å². The van der Waals surface area contributed by atoms with Crippen LogP contribution in [-0.4, -0.2) is 30.3 Å². The summed E-state index contributed by atoms with van der Waals surface area (Å²) in [5.41, 5.74) is 0.0342. The van der Waals surface area contributed by atoms with Gasteiger partial charge in [0.2, 0.25) is 0 Å². The predicted octanol–water partition coefficient (Wildman–Crippen LogP) is 3.46. The van der Waals surface area contributed by atoms with Crippen molar-refractivity contribution in [1.29, 1.82) is 0 Å². The highest BCUT2D eigenvalue weighted by Gasteiger charge is 2.37. The highest BCUT2D eigenvalue weighted by molar-refractivity contribution is 5.67. The summed E-state index contributed by atoms with van der Waals surface area (Å²) in [6.45, 7) is 11.0. The van der Waals surface area contributed by atoms with Gasteiger partial charge in [-0.3, -0.25) is 0 Å². The third-order valence-corrected chi connectivity index (χ3v) is 4.47. The molecule has 0 saturated heterocycles. The molecule has 2 aliphatic carbocycles. The average molecular weight is 296 g/mol. The molecule has 4 nitrogen and oxygen atoms in total. The third-order valence-electron chi connectivity index (χ3n) is 4.47. The quantitative estimate of drug-likeness (QED) is 0.817. The Labute approximate surface area is 129 Å². The fraction of sp³-hybridized carbons (Fsp3) is 0.941. The number of hydrogen-bond donors (Lipinski definition) is 2. The summed E-state index contributed by atoms with van der Waals surface area (Å²) in [7, 11) is 0. The molecule has 0 aliphatic heterocycles. The van der Waals surface area contributed by atoms with E-state index in [4.69, 9.17) is 4.74 Å². The Morgan fingerprint density at radius 2 is 1.95 bits per heavy atom. The number of hydrogen-bond acceptors (Lipinski definition) is 3. The third kappa shape index (κ3) is 5.85. The first kappa shape index (κ1) is 16.6. The van der Waals surface area contributed by atoms with Crippen molar-refractivity contribution < 1.29 is 9.53 Å². The van der Waals surface area contributed by atoms with Gasteiger partial charge in [0.1, 0.15) is 5.60 Å². The molecule has 0 aromatic heterocycles. The lowest BCUT2D eigenvalue weighted by atomic mass is 9.91. The van der Waals surface area contributed by atoms with E-state index in [0.717, 1.165) is 5.92 Å². The largest absolute Gasteiger partial charge is 0.444 e. The maximum atomic E-state index is 11.8. The SMILES string of the molecule is CC1(C)CCC(NC(CNC(=O)OC(C)(C)C)C2CC2)C1. The van der Waals surface area contributed by atoms with Crippen LogP contribution in [0.3, 0.4) is 0 Å². The van der Waals surface area contributed by atoms with Crippen molar-refractivity contribution in [3.05, 3.63) is 0 Å². The number of carbonyl (C=O) groups is 1. The Hall–Kier alpha value is -0.770. The van der Waals surface area contributed by atoms with Gasteiger partial charge in [-0.2, -0.15) is 0 Å². The van der Waals surface area contributed by atoms with Crippen LogP contribution in [0.1, 0.15) is 66.7 Å². The van der Waals surface area contributed by atoms with Crippen molar-refractivity contribution in [3.8, 4) is 0 Å². The van der Waals surface area contributed by atoms with Crippen molar-refractivity contribution in [2.75, 3.05) is 6.54 Å². The zero-order valence-corrected chi connectivity index (χ0v) is 14.3. The van der Waals surface area contributed by atoms with E-state index in [9.17, 15) is 4.79 Å². The lowest BCUT2D eigenvalue weighted by molar-refractivity contribution is 0.0520. The van der Waals surface area contributed by atoms with Gasteiger partial charge < -0.3 is 15.4 Å². The molecule has 2 rings (SSSR count). The minimum absolute atomic E-state index is 0.304. The van der Waals surface area contributed by atoms with Crippen LogP contribution in [0.4, 0.5) is 4.79 Å². The molecule has 2 aliphatic rings. The van der Waals surface area contributed by atoms with Crippen LogP contribution in [-0.2, 0) is 4.74 Å². The molecule has 122 valence electrons. The van der Waals surface area contributed by atoms with E-state index in [1.54, 1.807) is 0 Å². The number of alkyl carbamates (subject to hydrolysis) is 1. The van der Waals surface area contributed by atoms with E-state index in [1.807, 2.05) is 20.8 Å². The lowest BCUT2D eigenvalue weighted by Gasteiger charge is -2.26. The van der Waals surface area contributed by atoms with Crippen molar-refractivity contribution in [1.82, 2.24) is 10.6 Å². The van der Waals surface area contributed by atoms with E-state index >= 15 is 0 Å². The molecule has 21 heavy (non-hydrogen) atoms. The smallest absolute Gasteiger partial charge is 0.407 e. The maximum Gasteiger partial charge on any atom is 0.407 e. The summed E-state index contributed by atoms with van der Waals surface area (Å²) in [6, 6.07) is 1.00. The lowest BCUT2D eigenvalue weighted by Crippen LogP contribution is -2.47. The zero-order chi connectivity index (χ0) is 15.7. The summed E-state index contributed by atoms with van der Waals surface area (Å²) in [4.78, 5) is 11.8. The minimum atomic E-state index is -0.429. The summed E-state index contributed by atoms with van der Waals surface area (Å²) in [5, 5.41) is 6.71. The van der Waals surface area contributed by atoms with Crippen LogP contribution in [0.2, 0.25) is 0 Å². The minimum Gasteiger partial charge on any atom is -0.444 e. The van der Waals surface area contributed by atoms with Crippen molar-refractivity contribution in [2.24, 2.45) is 11.3 Å². The van der Waals surface area contributed by atoms with Gasteiger partial charge in [-0.1, -0.05) is 13.8 Å². The van der Waals surface area contributed by atoms with Gasteiger partial charge in [-0.05, 0) is 64.2 Å². The first-order chi connectivity index (χ1) is 9.65. The summed E-state index contributed by atoms with van der Waals surface area (Å²) < 4.78 is 5.31. The van der Waals surface area contributed by atoms with Crippen LogP contribution in [0, 0.1) is 11.3 Å². The Bertz CT molecular complexity index is 369. The van der Waals surface area contributed by atoms with Crippen LogP contribution < -0.4 is 10.6 Å². The van der Waals surface area contributed by atoms with Crippen molar-refractivity contribution in [3.63, 3.8) is 0 Å². The number of carbonyl (C=O) groups excluding carboxylic acids is 1. The van der Waals surface area contributed by atoms with Gasteiger partial charge in [0.05, 0.1) is 0 Å². The molecule has 0 bridgehead atoms. The molecule has 4 heteroatoms. The maximum absolute atomic E-state index is 11.8. The Balaban J connectivity index is 1.77. The number of ether oxygens (including phenoxy) is 1.